The molecule has 2 atom stereocenters. The molecule has 0 unspecified atom stereocenters. The van der Waals surface area contributed by atoms with Crippen LogP contribution in [0.25, 0.3) is 0 Å². The van der Waals surface area contributed by atoms with Crippen LogP contribution in [0.15, 0.2) is 0 Å². The molecule has 2 rings (SSSR count). The van der Waals surface area contributed by atoms with Gasteiger partial charge < -0.3 is 24.8 Å². The van der Waals surface area contributed by atoms with Crippen LogP contribution in [0.4, 0.5) is 5.00 Å². The first kappa shape index (κ1) is 21.6. The summed E-state index contributed by atoms with van der Waals surface area (Å²) in [7, 11) is 0. The number of hydrogen-bond acceptors (Lipinski definition) is 7. The van der Waals surface area contributed by atoms with Crippen LogP contribution in [0.5, 0.6) is 0 Å². The summed E-state index contributed by atoms with van der Waals surface area (Å²) in [6, 6.07) is 0.0316. The second kappa shape index (κ2) is 10.0. The van der Waals surface area contributed by atoms with Gasteiger partial charge in [-0.25, -0.2) is 9.59 Å². The minimum Gasteiger partial charge on any atom is -0.462 e. The lowest BCUT2D eigenvalue weighted by Crippen LogP contribution is -2.42. The third kappa shape index (κ3) is 5.40. The SMILES string of the molecule is CCOC(=O)c1sc(NC(=S)N[C@H](C)[C@H]2CCCO2)c(C(=O)OCC)c1C. The number of ether oxygens (including phenoxy) is 3. The maximum Gasteiger partial charge on any atom is 0.348 e. The standard InChI is InChI=1S/C18H26N2O5S2/c1-5-23-16(21)13-10(3)14(17(22)24-6-2)27-15(13)20-18(26)19-11(4)12-8-7-9-25-12/h11-12H,5-9H2,1-4H3,(H2,19,20,26)/t11-,12-/m1/s1. The van der Waals surface area contributed by atoms with Crippen molar-refractivity contribution in [3.8, 4) is 0 Å². The molecule has 1 fully saturated rings. The Labute approximate surface area is 168 Å². The van der Waals surface area contributed by atoms with E-state index in [1.165, 1.54) is 0 Å². The van der Waals surface area contributed by atoms with Crippen molar-refractivity contribution in [2.45, 2.75) is 52.7 Å². The number of rotatable bonds is 7. The Morgan fingerprint density at radius 2 is 1.96 bits per heavy atom. The highest BCUT2D eigenvalue weighted by Gasteiger charge is 2.28. The predicted octanol–water partition coefficient (Wildman–Crippen LogP) is 3.26. The smallest absolute Gasteiger partial charge is 0.348 e. The normalized spacial score (nSPS) is 17.3. The Kier molecular flexibility index (Phi) is 8.00. The minimum atomic E-state index is -0.501. The van der Waals surface area contributed by atoms with Crippen molar-refractivity contribution in [3.63, 3.8) is 0 Å². The number of carbonyl (C=O) groups excluding carboxylic acids is 2. The third-order valence-corrected chi connectivity index (χ3v) is 5.60. The number of carbonyl (C=O) groups is 2. The lowest BCUT2D eigenvalue weighted by atomic mass is 10.1. The summed E-state index contributed by atoms with van der Waals surface area (Å²) in [6.45, 7) is 8.42. The number of thiocarbonyl (C=S) groups is 1. The van der Waals surface area contributed by atoms with Crippen molar-refractivity contribution in [1.29, 1.82) is 0 Å². The Morgan fingerprint density at radius 3 is 2.56 bits per heavy atom. The highest BCUT2D eigenvalue weighted by atomic mass is 32.1. The fraction of sp³-hybridized carbons (Fsp3) is 0.611. The molecule has 7 nitrogen and oxygen atoms in total. The second-order valence-corrected chi connectivity index (χ2v) is 7.57. The summed E-state index contributed by atoms with van der Waals surface area (Å²) < 4.78 is 15.9. The highest BCUT2D eigenvalue weighted by Crippen LogP contribution is 2.34. The average molecular weight is 415 g/mol. The highest BCUT2D eigenvalue weighted by molar-refractivity contribution is 7.80. The zero-order valence-electron chi connectivity index (χ0n) is 16.0. The first-order chi connectivity index (χ1) is 12.9. The number of nitrogens with one attached hydrogen (secondary N) is 2. The topological polar surface area (TPSA) is 85.9 Å². The fourth-order valence-electron chi connectivity index (χ4n) is 2.88. The van der Waals surface area contributed by atoms with E-state index in [0.29, 0.717) is 26.1 Å². The van der Waals surface area contributed by atoms with Gasteiger partial charge in [-0.2, -0.15) is 0 Å². The molecular weight excluding hydrogens is 388 g/mol. The Balaban J connectivity index is 2.19. The molecule has 1 aliphatic heterocycles. The molecule has 2 N–H and O–H groups in total. The van der Waals surface area contributed by atoms with Crippen LogP contribution in [-0.4, -0.2) is 49.0 Å². The molecule has 0 bridgehead atoms. The van der Waals surface area contributed by atoms with E-state index in [1.807, 2.05) is 6.92 Å². The van der Waals surface area contributed by atoms with Gasteiger partial charge in [-0.1, -0.05) is 0 Å². The molecule has 0 aromatic carbocycles. The van der Waals surface area contributed by atoms with E-state index < -0.39 is 11.9 Å². The molecule has 0 amide bonds. The lowest BCUT2D eigenvalue weighted by molar-refractivity contribution is 0.0527. The van der Waals surface area contributed by atoms with Crippen molar-refractivity contribution >= 4 is 45.6 Å². The van der Waals surface area contributed by atoms with Crippen LogP contribution in [0.1, 0.15) is 59.2 Å². The summed E-state index contributed by atoms with van der Waals surface area (Å²) in [4.78, 5) is 25.0. The van der Waals surface area contributed by atoms with Crippen LogP contribution in [0, 0.1) is 6.92 Å². The van der Waals surface area contributed by atoms with Gasteiger partial charge in [-0.3, -0.25) is 0 Å². The summed E-state index contributed by atoms with van der Waals surface area (Å²) in [6.07, 6.45) is 2.13. The molecule has 0 saturated carbocycles. The van der Waals surface area contributed by atoms with E-state index in [2.05, 4.69) is 10.6 Å². The van der Waals surface area contributed by atoms with Gasteiger partial charge in [0.05, 0.1) is 30.9 Å². The molecule has 1 aliphatic rings. The van der Waals surface area contributed by atoms with Crippen molar-refractivity contribution in [3.05, 3.63) is 16.0 Å². The molecule has 9 heteroatoms. The molecule has 150 valence electrons. The minimum absolute atomic E-state index is 0.0316. The van der Waals surface area contributed by atoms with Gasteiger partial charge in [0.1, 0.15) is 9.88 Å². The molecule has 0 aliphatic carbocycles. The summed E-state index contributed by atoms with van der Waals surface area (Å²) in [5.41, 5.74) is 0.827. The number of thiophene rings is 1. The predicted molar refractivity (Wildman–Crippen MR) is 109 cm³/mol. The largest absolute Gasteiger partial charge is 0.462 e. The maximum atomic E-state index is 12.4. The fourth-order valence-corrected chi connectivity index (χ4v) is 4.32. The Hall–Kier alpha value is -1.71. The van der Waals surface area contributed by atoms with E-state index in [0.717, 1.165) is 30.8 Å². The van der Waals surface area contributed by atoms with Crippen LogP contribution in [0.2, 0.25) is 0 Å². The van der Waals surface area contributed by atoms with E-state index in [-0.39, 0.29) is 25.4 Å². The zero-order chi connectivity index (χ0) is 20.0. The van der Waals surface area contributed by atoms with Crippen LogP contribution < -0.4 is 10.6 Å². The second-order valence-electron chi connectivity index (χ2n) is 6.14. The van der Waals surface area contributed by atoms with E-state index in [1.54, 1.807) is 20.8 Å². The average Bonchev–Trinajstić information content (AvgIpc) is 3.23. The number of anilines is 1. The monoisotopic (exact) mass is 414 g/mol. The summed E-state index contributed by atoms with van der Waals surface area (Å²) in [5, 5.41) is 7.05. The molecule has 0 radical (unpaired) electrons. The molecule has 27 heavy (non-hydrogen) atoms. The quantitative estimate of drug-likeness (QED) is 0.519. The van der Waals surface area contributed by atoms with Crippen molar-refractivity contribution in [2.24, 2.45) is 0 Å². The van der Waals surface area contributed by atoms with Gasteiger partial charge in [0, 0.05) is 6.61 Å². The summed E-state index contributed by atoms with van der Waals surface area (Å²) >= 11 is 6.52. The van der Waals surface area contributed by atoms with Gasteiger partial charge in [0.25, 0.3) is 0 Å². The number of esters is 2. The molecule has 2 heterocycles. The van der Waals surface area contributed by atoms with E-state index in [4.69, 9.17) is 26.4 Å². The van der Waals surface area contributed by atoms with Crippen LogP contribution in [0.3, 0.4) is 0 Å². The molecular formula is C18H26N2O5S2. The Morgan fingerprint density at radius 1 is 1.30 bits per heavy atom. The van der Waals surface area contributed by atoms with Crippen molar-refractivity contribution in [1.82, 2.24) is 5.32 Å². The lowest BCUT2D eigenvalue weighted by Gasteiger charge is -2.21. The zero-order valence-corrected chi connectivity index (χ0v) is 17.7. The van der Waals surface area contributed by atoms with Gasteiger partial charge in [0.15, 0.2) is 5.11 Å². The van der Waals surface area contributed by atoms with Crippen molar-refractivity contribution in [2.75, 3.05) is 25.1 Å². The third-order valence-electron chi connectivity index (χ3n) is 4.20. The van der Waals surface area contributed by atoms with E-state index in [9.17, 15) is 9.59 Å². The number of hydrogen-bond donors (Lipinski definition) is 2. The Bertz CT molecular complexity index is 698. The summed E-state index contributed by atoms with van der Waals surface area (Å²) in [5.74, 6) is -0.968. The van der Waals surface area contributed by atoms with Gasteiger partial charge >= 0.3 is 11.9 Å². The molecule has 0 spiro atoms. The molecule has 1 aromatic rings. The van der Waals surface area contributed by atoms with Crippen LogP contribution >= 0.6 is 23.6 Å². The molecule has 1 aromatic heterocycles. The van der Waals surface area contributed by atoms with Gasteiger partial charge in [-0.05, 0) is 58.3 Å². The maximum absolute atomic E-state index is 12.4. The van der Waals surface area contributed by atoms with Crippen molar-refractivity contribution < 1.29 is 23.8 Å². The van der Waals surface area contributed by atoms with Gasteiger partial charge in [0.2, 0.25) is 0 Å². The first-order valence-corrected chi connectivity index (χ1v) is 10.3. The first-order valence-electron chi connectivity index (χ1n) is 9.05. The molecule has 1 saturated heterocycles. The van der Waals surface area contributed by atoms with Gasteiger partial charge in [-0.15, -0.1) is 11.3 Å². The van der Waals surface area contributed by atoms with Crippen LogP contribution in [-0.2, 0) is 14.2 Å². The van der Waals surface area contributed by atoms with E-state index >= 15 is 0 Å².